The van der Waals surface area contributed by atoms with Crippen molar-refractivity contribution in [1.82, 2.24) is 4.57 Å². The number of rotatable bonds is 8. The van der Waals surface area contributed by atoms with Crippen LogP contribution in [0.2, 0.25) is 0 Å². The number of hydrogen-bond acceptors (Lipinski definition) is 6. The van der Waals surface area contributed by atoms with Crippen LogP contribution < -0.4 is 4.74 Å². The fourth-order valence-corrected chi connectivity index (χ4v) is 2.62. The van der Waals surface area contributed by atoms with E-state index in [0.717, 1.165) is 11.3 Å². The van der Waals surface area contributed by atoms with Crippen LogP contribution in [0.1, 0.15) is 35.5 Å². The lowest BCUT2D eigenvalue weighted by atomic mass is 10.1. The van der Waals surface area contributed by atoms with Crippen LogP contribution in [0.3, 0.4) is 0 Å². The molecule has 0 unspecified atom stereocenters. The van der Waals surface area contributed by atoms with Gasteiger partial charge in [-0.3, -0.25) is 0 Å². The second-order valence-electron chi connectivity index (χ2n) is 5.54. The van der Waals surface area contributed by atoms with Crippen molar-refractivity contribution < 1.29 is 28.9 Å². The molecule has 0 radical (unpaired) electrons. The molecule has 0 aliphatic carbocycles. The molecule has 7 heteroatoms. The molecule has 1 aromatic carbocycles. The molecule has 0 fully saturated rings. The quantitative estimate of drug-likeness (QED) is 0.434. The first-order valence-electron chi connectivity index (χ1n) is 8.56. The molecular weight excluding hydrogens is 350 g/mol. The van der Waals surface area contributed by atoms with E-state index in [4.69, 9.17) is 14.2 Å². The van der Waals surface area contributed by atoms with Gasteiger partial charge in [0, 0.05) is 12.7 Å². The first-order valence-corrected chi connectivity index (χ1v) is 8.56. The highest BCUT2D eigenvalue weighted by Crippen LogP contribution is 2.25. The third kappa shape index (κ3) is 4.69. The van der Waals surface area contributed by atoms with Gasteiger partial charge in [-0.25, -0.2) is 9.59 Å². The van der Waals surface area contributed by atoms with Crippen molar-refractivity contribution in [3.63, 3.8) is 0 Å². The van der Waals surface area contributed by atoms with Crippen molar-refractivity contribution in [1.29, 1.82) is 0 Å². The van der Waals surface area contributed by atoms with E-state index in [0.29, 0.717) is 12.8 Å². The van der Waals surface area contributed by atoms with Crippen LogP contribution in [0, 0.1) is 0 Å². The van der Waals surface area contributed by atoms with E-state index in [2.05, 4.69) is 0 Å². The molecule has 7 nitrogen and oxygen atoms in total. The van der Waals surface area contributed by atoms with Crippen molar-refractivity contribution in [3.05, 3.63) is 59.6 Å². The monoisotopic (exact) mass is 373 g/mol. The maximum absolute atomic E-state index is 12.3. The van der Waals surface area contributed by atoms with Crippen LogP contribution >= 0.6 is 0 Å². The van der Waals surface area contributed by atoms with Gasteiger partial charge in [0.25, 0.3) is 0 Å². The van der Waals surface area contributed by atoms with Gasteiger partial charge in [-0.05, 0) is 37.6 Å². The van der Waals surface area contributed by atoms with Gasteiger partial charge in [-0.1, -0.05) is 12.1 Å². The summed E-state index contributed by atoms with van der Waals surface area (Å²) < 4.78 is 16.9. The fraction of sp³-hybridized carbons (Fsp3) is 0.300. The number of ether oxygens (including phenoxy) is 3. The number of esters is 2. The molecule has 0 spiro atoms. The summed E-state index contributed by atoms with van der Waals surface area (Å²) in [6, 6.07) is 8.94. The Balaban J connectivity index is 2.46. The van der Waals surface area contributed by atoms with Crippen LogP contribution in [-0.4, -0.2) is 41.9 Å². The van der Waals surface area contributed by atoms with E-state index in [1.165, 1.54) is 0 Å². The topological polar surface area (TPSA) is 87.0 Å². The lowest BCUT2D eigenvalue weighted by molar-refractivity contribution is -0.136. The molecule has 0 saturated heterocycles. The number of carbonyl (C=O) groups excluding carboxylic acids is 2. The van der Waals surface area contributed by atoms with Crippen molar-refractivity contribution in [2.75, 3.05) is 20.3 Å². The Morgan fingerprint density at radius 3 is 2.30 bits per heavy atom. The Labute approximate surface area is 157 Å². The first kappa shape index (κ1) is 20.1. The van der Waals surface area contributed by atoms with Crippen LogP contribution in [0.4, 0.5) is 0 Å². The number of aliphatic hydroxyl groups is 1. The average Bonchev–Trinajstić information content (AvgIpc) is 3.07. The van der Waals surface area contributed by atoms with Gasteiger partial charge in [0.15, 0.2) is 0 Å². The largest absolute Gasteiger partial charge is 0.515 e. The summed E-state index contributed by atoms with van der Waals surface area (Å²) in [7, 11) is 1.59. The Kier molecular flexibility index (Phi) is 7.05. The standard InChI is InChI=1S/C20H23NO6/c1-4-26-19(23)16-10-11-21(12-14-6-8-15(25-3)9-7-14)18(16)17(13-22)20(24)27-5-2/h6-11,13,22H,4-5,12H2,1-3H3/b17-13-. The summed E-state index contributed by atoms with van der Waals surface area (Å²) in [5.41, 5.74) is 1.23. The number of hydrogen-bond donors (Lipinski definition) is 1. The molecular formula is C20H23NO6. The minimum absolute atomic E-state index is 0.113. The van der Waals surface area contributed by atoms with Crippen molar-refractivity contribution >= 4 is 17.5 Å². The number of nitrogens with zero attached hydrogens (tertiary/aromatic N) is 1. The minimum atomic E-state index is -0.722. The number of aliphatic hydroxyl groups excluding tert-OH is 1. The fourth-order valence-electron chi connectivity index (χ4n) is 2.62. The smallest absolute Gasteiger partial charge is 0.343 e. The number of benzene rings is 1. The second-order valence-corrected chi connectivity index (χ2v) is 5.54. The third-order valence-corrected chi connectivity index (χ3v) is 3.85. The van der Waals surface area contributed by atoms with E-state index in [-0.39, 0.29) is 30.0 Å². The zero-order valence-corrected chi connectivity index (χ0v) is 15.6. The normalized spacial score (nSPS) is 11.1. The van der Waals surface area contributed by atoms with Crippen LogP contribution in [0.5, 0.6) is 5.75 Å². The molecule has 0 amide bonds. The molecule has 27 heavy (non-hydrogen) atoms. The van der Waals surface area contributed by atoms with E-state index in [1.54, 1.807) is 37.8 Å². The predicted molar refractivity (Wildman–Crippen MR) is 99.7 cm³/mol. The molecule has 144 valence electrons. The average molecular weight is 373 g/mol. The SMILES string of the molecule is CCOC(=O)/C(=C\O)c1c(C(=O)OCC)ccn1Cc1ccc(OC)cc1. The van der Waals surface area contributed by atoms with E-state index in [1.807, 2.05) is 24.3 Å². The van der Waals surface area contributed by atoms with Crippen molar-refractivity contribution in [3.8, 4) is 5.75 Å². The summed E-state index contributed by atoms with van der Waals surface area (Å²) >= 11 is 0. The molecule has 2 rings (SSSR count). The van der Waals surface area contributed by atoms with Gasteiger partial charge in [0.1, 0.15) is 11.3 Å². The van der Waals surface area contributed by atoms with Crippen molar-refractivity contribution in [2.45, 2.75) is 20.4 Å². The highest BCUT2D eigenvalue weighted by Gasteiger charge is 2.25. The zero-order chi connectivity index (χ0) is 19.8. The van der Waals surface area contributed by atoms with Gasteiger partial charge in [-0.2, -0.15) is 0 Å². The summed E-state index contributed by atoms with van der Waals surface area (Å²) in [4.78, 5) is 24.6. The van der Waals surface area contributed by atoms with Crippen LogP contribution in [0.15, 0.2) is 42.8 Å². The Morgan fingerprint density at radius 2 is 1.74 bits per heavy atom. The maximum atomic E-state index is 12.3. The van der Waals surface area contributed by atoms with E-state index >= 15 is 0 Å². The number of aromatic nitrogens is 1. The third-order valence-electron chi connectivity index (χ3n) is 3.85. The van der Waals surface area contributed by atoms with Gasteiger partial charge >= 0.3 is 11.9 Å². The summed E-state index contributed by atoms with van der Waals surface area (Å²) in [6.45, 7) is 4.06. The van der Waals surface area contributed by atoms with Crippen LogP contribution in [0.25, 0.3) is 5.57 Å². The Hall–Kier alpha value is -3.22. The first-order chi connectivity index (χ1) is 13.0. The molecule has 0 saturated carbocycles. The van der Waals surface area contributed by atoms with Crippen LogP contribution in [-0.2, 0) is 20.8 Å². The highest BCUT2D eigenvalue weighted by molar-refractivity contribution is 6.18. The lowest BCUT2D eigenvalue weighted by Gasteiger charge is -2.13. The summed E-state index contributed by atoms with van der Waals surface area (Å²) in [5.74, 6) is -0.578. The van der Waals surface area contributed by atoms with E-state index in [9.17, 15) is 14.7 Å². The predicted octanol–water partition coefficient (Wildman–Crippen LogP) is 3.18. The van der Waals surface area contributed by atoms with Gasteiger partial charge < -0.3 is 23.9 Å². The highest BCUT2D eigenvalue weighted by atomic mass is 16.5. The molecule has 0 atom stereocenters. The molecule has 0 aliphatic heterocycles. The zero-order valence-electron chi connectivity index (χ0n) is 15.6. The molecule has 1 heterocycles. The Bertz CT molecular complexity index is 819. The van der Waals surface area contributed by atoms with Gasteiger partial charge in [-0.15, -0.1) is 0 Å². The Morgan fingerprint density at radius 1 is 1.07 bits per heavy atom. The second kappa shape index (κ2) is 9.47. The maximum Gasteiger partial charge on any atom is 0.343 e. The summed E-state index contributed by atoms with van der Waals surface area (Å²) in [6.07, 6.45) is 2.31. The summed E-state index contributed by atoms with van der Waals surface area (Å²) in [5, 5.41) is 9.64. The molecule has 2 aromatic rings. The van der Waals surface area contributed by atoms with Gasteiger partial charge in [0.05, 0.1) is 37.8 Å². The minimum Gasteiger partial charge on any atom is -0.515 e. The van der Waals surface area contributed by atoms with E-state index < -0.39 is 11.9 Å². The molecule has 1 N–H and O–H groups in total. The van der Waals surface area contributed by atoms with Gasteiger partial charge in [0.2, 0.25) is 0 Å². The molecule has 1 aromatic heterocycles. The van der Waals surface area contributed by atoms with Crippen molar-refractivity contribution in [2.24, 2.45) is 0 Å². The number of methoxy groups -OCH3 is 1. The lowest BCUT2D eigenvalue weighted by Crippen LogP contribution is -2.16. The molecule has 0 bridgehead atoms. The number of carbonyl (C=O) groups is 2. The molecule has 0 aliphatic rings.